The van der Waals surface area contributed by atoms with Gasteiger partial charge in [0.05, 0.1) is 16.7 Å². The first kappa shape index (κ1) is 27.5. The van der Waals surface area contributed by atoms with Gasteiger partial charge in [0, 0.05) is 16.3 Å². The van der Waals surface area contributed by atoms with E-state index in [9.17, 15) is 32.7 Å². The summed E-state index contributed by atoms with van der Waals surface area (Å²) in [6, 6.07) is 25.6. The molecule has 0 aliphatic rings. The quantitative estimate of drug-likeness (QED) is 0.203. The van der Waals surface area contributed by atoms with Gasteiger partial charge in [0.15, 0.2) is 0 Å². The Bertz CT molecular complexity index is 1490. The summed E-state index contributed by atoms with van der Waals surface area (Å²) in [5.41, 5.74) is 0.103. The Morgan fingerprint density at radius 1 is 0.718 bits per heavy atom. The lowest BCUT2D eigenvalue weighted by molar-refractivity contribution is -0.137. The topological polar surface area (TPSA) is 95.5 Å². The molecule has 10 heteroatoms. The number of alkyl halides is 3. The molecule has 3 N–H and O–H groups in total. The number of nitrogens with one attached hydrogen (secondary N) is 2. The molecule has 0 spiro atoms. The van der Waals surface area contributed by atoms with Crippen molar-refractivity contribution in [2.75, 3.05) is 10.6 Å². The number of amides is 2. The van der Waals surface area contributed by atoms with Crippen molar-refractivity contribution in [2.45, 2.75) is 16.3 Å². The maximum Gasteiger partial charge on any atom is 0.416 e. The Morgan fingerprint density at radius 2 is 1.36 bits per heavy atom. The lowest BCUT2D eigenvalue weighted by Crippen LogP contribution is -2.19. The zero-order valence-corrected chi connectivity index (χ0v) is 20.9. The van der Waals surface area contributed by atoms with Crippen LogP contribution in [-0.4, -0.2) is 22.9 Å². The fraction of sp³-hybridized carbons (Fsp3) is 0.0690. The standard InChI is InChI=1S/C29H21F3N2O4S/c30-29(31,32)19-9-6-10-21(17-19)34-27(36)25(18-7-2-1-3-8-18)39-22-15-13-20(14-16-22)33-26(35)23-11-4-5-12-24(23)28(37)38/h1-17,25H,(H,33,35)(H,34,36)(H,37,38). The zero-order valence-electron chi connectivity index (χ0n) is 20.1. The summed E-state index contributed by atoms with van der Waals surface area (Å²) in [5, 5.41) is 13.8. The molecule has 2 amide bonds. The van der Waals surface area contributed by atoms with E-state index in [2.05, 4.69) is 10.6 Å². The van der Waals surface area contributed by atoms with Gasteiger partial charge in [-0.1, -0.05) is 48.5 Å². The third-order valence-electron chi connectivity index (χ3n) is 5.57. The molecule has 0 heterocycles. The molecule has 0 saturated heterocycles. The van der Waals surface area contributed by atoms with E-state index >= 15 is 0 Å². The fourth-order valence-corrected chi connectivity index (χ4v) is 4.73. The third kappa shape index (κ3) is 7.05. The Balaban J connectivity index is 1.51. The van der Waals surface area contributed by atoms with Crippen LogP contribution in [0.2, 0.25) is 0 Å². The molecule has 0 aromatic heterocycles. The molecule has 0 aliphatic carbocycles. The highest BCUT2D eigenvalue weighted by Gasteiger charge is 2.31. The number of anilines is 2. The van der Waals surface area contributed by atoms with Crippen molar-refractivity contribution in [1.82, 2.24) is 0 Å². The van der Waals surface area contributed by atoms with Crippen LogP contribution in [0.4, 0.5) is 24.5 Å². The third-order valence-corrected chi connectivity index (χ3v) is 6.83. The van der Waals surface area contributed by atoms with Crippen molar-refractivity contribution in [3.8, 4) is 0 Å². The number of hydrogen-bond acceptors (Lipinski definition) is 4. The van der Waals surface area contributed by atoms with Gasteiger partial charge in [-0.05, 0) is 60.2 Å². The molecule has 39 heavy (non-hydrogen) atoms. The maximum absolute atomic E-state index is 13.2. The van der Waals surface area contributed by atoms with Gasteiger partial charge in [0.1, 0.15) is 5.25 Å². The average Bonchev–Trinajstić information content (AvgIpc) is 2.92. The van der Waals surface area contributed by atoms with Gasteiger partial charge in [0.2, 0.25) is 5.91 Å². The molecule has 4 aromatic carbocycles. The van der Waals surface area contributed by atoms with Crippen molar-refractivity contribution in [1.29, 1.82) is 0 Å². The molecule has 4 rings (SSSR count). The van der Waals surface area contributed by atoms with Gasteiger partial charge in [-0.2, -0.15) is 13.2 Å². The summed E-state index contributed by atoms with van der Waals surface area (Å²) in [4.78, 5) is 37.9. The number of aromatic carboxylic acids is 1. The number of halogens is 3. The van der Waals surface area contributed by atoms with E-state index in [0.717, 1.165) is 12.1 Å². The molecule has 0 saturated carbocycles. The largest absolute Gasteiger partial charge is 0.478 e. The van der Waals surface area contributed by atoms with Crippen LogP contribution >= 0.6 is 11.8 Å². The van der Waals surface area contributed by atoms with E-state index in [-0.39, 0.29) is 16.8 Å². The van der Waals surface area contributed by atoms with E-state index in [1.54, 1.807) is 60.7 Å². The lowest BCUT2D eigenvalue weighted by Gasteiger charge is -2.18. The number of thioether (sulfide) groups is 1. The van der Waals surface area contributed by atoms with Gasteiger partial charge >= 0.3 is 12.1 Å². The molecular weight excluding hydrogens is 529 g/mol. The minimum atomic E-state index is -4.54. The summed E-state index contributed by atoms with van der Waals surface area (Å²) >= 11 is 1.18. The smallest absolute Gasteiger partial charge is 0.416 e. The normalized spacial score (nSPS) is 11.9. The molecule has 1 unspecified atom stereocenters. The van der Waals surface area contributed by atoms with Crippen LogP contribution in [0, 0.1) is 0 Å². The van der Waals surface area contributed by atoms with Crippen LogP contribution in [0.25, 0.3) is 0 Å². The van der Waals surface area contributed by atoms with E-state index in [4.69, 9.17) is 0 Å². The molecular formula is C29H21F3N2O4S. The number of rotatable bonds is 8. The number of carboxylic acid groups (broad SMARTS) is 1. The summed E-state index contributed by atoms with van der Waals surface area (Å²) in [7, 11) is 0. The van der Waals surface area contributed by atoms with Gasteiger partial charge < -0.3 is 15.7 Å². The molecule has 0 aliphatic heterocycles. The molecule has 198 valence electrons. The van der Waals surface area contributed by atoms with Crippen molar-refractivity contribution >= 4 is 40.9 Å². The van der Waals surface area contributed by atoms with E-state index in [1.165, 1.54) is 42.1 Å². The van der Waals surface area contributed by atoms with Crippen LogP contribution < -0.4 is 10.6 Å². The second-order valence-corrected chi connectivity index (χ2v) is 9.48. The molecule has 4 aromatic rings. The monoisotopic (exact) mass is 550 g/mol. The van der Waals surface area contributed by atoms with Crippen molar-refractivity contribution in [2.24, 2.45) is 0 Å². The fourth-order valence-electron chi connectivity index (χ4n) is 3.70. The molecule has 1 atom stereocenters. The van der Waals surface area contributed by atoms with Gasteiger partial charge in [-0.15, -0.1) is 11.8 Å². The molecule has 6 nitrogen and oxygen atoms in total. The maximum atomic E-state index is 13.2. The van der Waals surface area contributed by atoms with Crippen LogP contribution in [0.15, 0.2) is 108 Å². The SMILES string of the molecule is O=C(O)c1ccccc1C(=O)Nc1ccc(SC(C(=O)Nc2cccc(C(F)(F)F)c2)c2ccccc2)cc1. The number of carbonyl (C=O) groups excluding carboxylic acids is 2. The predicted molar refractivity (Wildman–Crippen MR) is 143 cm³/mol. The van der Waals surface area contributed by atoms with Crippen LogP contribution in [-0.2, 0) is 11.0 Å². The van der Waals surface area contributed by atoms with Gasteiger partial charge in [-0.25, -0.2) is 4.79 Å². The number of benzene rings is 4. The summed E-state index contributed by atoms with van der Waals surface area (Å²) in [6.45, 7) is 0. The highest BCUT2D eigenvalue weighted by Crippen LogP contribution is 2.37. The second kappa shape index (κ2) is 11.9. The van der Waals surface area contributed by atoms with E-state index in [0.29, 0.717) is 16.1 Å². The Labute approximate surface area is 225 Å². The van der Waals surface area contributed by atoms with Crippen molar-refractivity contribution in [3.05, 3.63) is 125 Å². The predicted octanol–water partition coefficient (Wildman–Crippen LogP) is 7.13. The first-order valence-electron chi connectivity index (χ1n) is 11.6. The van der Waals surface area contributed by atoms with Gasteiger partial charge in [0.25, 0.3) is 5.91 Å². The first-order chi connectivity index (χ1) is 18.6. The van der Waals surface area contributed by atoms with Crippen molar-refractivity contribution < 1.29 is 32.7 Å². The minimum Gasteiger partial charge on any atom is -0.478 e. The number of hydrogen-bond donors (Lipinski definition) is 3. The van der Waals surface area contributed by atoms with Crippen LogP contribution in [0.5, 0.6) is 0 Å². The summed E-state index contributed by atoms with van der Waals surface area (Å²) < 4.78 is 39.3. The minimum absolute atomic E-state index is 0.0128. The summed E-state index contributed by atoms with van der Waals surface area (Å²) in [6.07, 6.45) is -4.54. The van der Waals surface area contributed by atoms with Crippen LogP contribution in [0.1, 0.15) is 37.1 Å². The van der Waals surface area contributed by atoms with E-state index < -0.39 is 34.8 Å². The average molecular weight is 551 g/mol. The second-order valence-electron chi connectivity index (χ2n) is 8.31. The molecule has 0 bridgehead atoms. The Morgan fingerprint density at radius 3 is 2.00 bits per heavy atom. The lowest BCUT2D eigenvalue weighted by atomic mass is 10.1. The van der Waals surface area contributed by atoms with Gasteiger partial charge in [-0.3, -0.25) is 9.59 Å². The number of carbonyl (C=O) groups is 3. The summed E-state index contributed by atoms with van der Waals surface area (Å²) in [5.74, 6) is -2.31. The highest BCUT2D eigenvalue weighted by atomic mass is 32.2. The molecule has 0 fully saturated rings. The Hall–Kier alpha value is -4.57. The van der Waals surface area contributed by atoms with E-state index in [1.807, 2.05) is 0 Å². The zero-order chi connectivity index (χ0) is 28.0. The first-order valence-corrected chi connectivity index (χ1v) is 12.4. The van der Waals surface area contributed by atoms with Crippen molar-refractivity contribution in [3.63, 3.8) is 0 Å². The Kier molecular flexibility index (Phi) is 8.36. The van der Waals surface area contributed by atoms with Crippen LogP contribution in [0.3, 0.4) is 0 Å². The molecule has 0 radical (unpaired) electrons. The number of carboxylic acids is 1. The highest BCUT2D eigenvalue weighted by molar-refractivity contribution is 8.00.